The van der Waals surface area contributed by atoms with Crippen LogP contribution in [-0.4, -0.2) is 26.9 Å². The topological polar surface area (TPSA) is 76.3 Å². The lowest BCUT2D eigenvalue weighted by Gasteiger charge is -2.14. The van der Waals surface area contributed by atoms with Gasteiger partial charge in [0.1, 0.15) is 0 Å². The zero-order chi connectivity index (χ0) is 14.3. The van der Waals surface area contributed by atoms with Gasteiger partial charge in [0.05, 0.1) is 18.4 Å². The fourth-order valence-corrected chi connectivity index (χ4v) is 2.73. The van der Waals surface area contributed by atoms with Gasteiger partial charge in [0.25, 0.3) is 0 Å². The molecule has 106 valence electrons. The van der Waals surface area contributed by atoms with Crippen molar-refractivity contribution in [2.45, 2.75) is 39.2 Å². The molecule has 2 aliphatic rings. The number of amides is 2. The molecule has 0 spiro atoms. The number of aromatic nitrogens is 2. The summed E-state index contributed by atoms with van der Waals surface area (Å²) in [6.45, 7) is 4.01. The van der Waals surface area contributed by atoms with Crippen LogP contribution in [0.5, 0.6) is 0 Å². The van der Waals surface area contributed by atoms with E-state index in [9.17, 15) is 9.59 Å². The molecule has 6 nitrogen and oxygen atoms in total. The number of likely N-dealkylation sites (tertiary alicyclic amines) is 1. The van der Waals surface area contributed by atoms with Gasteiger partial charge in [-0.1, -0.05) is 31.2 Å². The number of carbonyl (C=O) groups is 2. The summed E-state index contributed by atoms with van der Waals surface area (Å²) in [6, 6.07) is 0. The smallest absolute Gasteiger partial charge is 0.233 e. The van der Waals surface area contributed by atoms with Crippen molar-refractivity contribution in [1.82, 2.24) is 15.0 Å². The van der Waals surface area contributed by atoms with E-state index in [-0.39, 0.29) is 36.1 Å². The van der Waals surface area contributed by atoms with Crippen molar-refractivity contribution in [3.63, 3.8) is 0 Å². The first-order valence-corrected chi connectivity index (χ1v) is 6.90. The first-order valence-electron chi connectivity index (χ1n) is 6.90. The minimum Gasteiger partial charge on any atom is -0.339 e. The minimum absolute atomic E-state index is 0.111. The van der Waals surface area contributed by atoms with Crippen LogP contribution in [0.15, 0.2) is 16.7 Å². The Labute approximate surface area is 116 Å². The highest BCUT2D eigenvalue weighted by molar-refractivity contribution is 6.05. The van der Waals surface area contributed by atoms with Gasteiger partial charge in [0.15, 0.2) is 5.82 Å². The van der Waals surface area contributed by atoms with Gasteiger partial charge in [-0.2, -0.15) is 4.98 Å². The average Bonchev–Trinajstić information content (AvgIpc) is 3.00. The van der Waals surface area contributed by atoms with E-state index in [1.807, 2.05) is 26.0 Å². The van der Waals surface area contributed by atoms with Crippen LogP contribution in [0.3, 0.4) is 0 Å². The standard InChI is InChI=1S/C14H17N3O3/c1-8(2)12-15-11(16-20-12)7-17-13(18)9-5-3-4-6-10(9)14(17)19/h3-4,8-10H,5-7H2,1-2H3/t9-,10-/m0/s1. The minimum atomic E-state index is -0.205. The van der Waals surface area contributed by atoms with Gasteiger partial charge in [0, 0.05) is 5.92 Å². The predicted octanol–water partition coefficient (Wildman–Crippen LogP) is 1.64. The molecule has 0 aromatic carbocycles. The lowest BCUT2D eigenvalue weighted by molar-refractivity contribution is -0.140. The Balaban J connectivity index is 1.77. The molecule has 2 amide bonds. The van der Waals surface area contributed by atoms with E-state index in [2.05, 4.69) is 10.1 Å². The van der Waals surface area contributed by atoms with Crippen LogP contribution in [0.1, 0.15) is 44.3 Å². The van der Waals surface area contributed by atoms with Crippen LogP contribution >= 0.6 is 0 Å². The molecule has 1 fully saturated rings. The van der Waals surface area contributed by atoms with E-state index in [4.69, 9.17) is 4.52 Å². The maximum Gasteiger partial charge on any atom is 0.233 e. The van der Waals surface area contributed by atoms with Crippen molar-refractivity contribution in [1.29, 1.82) is 0 Å². The normalized spacial score (nSPS) is 25.6. The second-order valence-electron chi connectivity index (χ2n) is 5.62. The SMILES string of the molecule is CC(C)c1nc(CN2C(=O)[C@H]3CC=CC[C@@H]3C2=O)no1. The third kappa shape index (κ3) is 2.05. The summed E-state index contributed by atoms with van der Waals surface area (Å²) in [5, 5.41) is 3.84. The summed E-state index contributed by atoms with van der Waals surface area (Å²) in [5.74, 6) is 0.418. The summed E-state index contributed by atoms with van der Waals surface area (Å²) < 4.78 is 5.10. The van der Waals surface area contributed by atoms with Crippen molar-refractivity contribution >= 4 is 11.8 Å². The van der Waals surface area contributed by atoms with Crippen molar-refractivity contribution in [2.24, 2.45) is 11.8 Å². The highest BCUT2D eigenvalue weighted by atomic mass is 16.5. The van der Waals surface area contributed by atoms with E-state index in [1.54, 1.807) is 0 Å². The Kier molecular flexibility index (Phi) is 3.16. The highest BCUT2D eigenvalue weighted by Gasteiger charge is 2.47. The van der Waals surface area contributed by atoms with Crippen LogP contribution < -0.4 is 0 Å². The summed E-state index contributed by atoms with van der Waals surface area (Å²) in [6.07, 6.45) is 5.24. The lowest BCUT2D eigenvalue weighted by Crippen LogP contribution is -2.31. The molecule has 3 rings (SSSR count). The first kappa shape index (κ1) is 13.0. The number of nitrogens with zero attached hydrogens (tertiary/aromatic N) is 3. The molecular weight excluding hydrogens is 258 g/mol. The van der Waals surface area contributed by atoms with Crippen molar-refractivity contribution in [3.8, 4) is 0 Å². The average molecular weight is 275 g/mol. The molecular formula is C14H17N3O3. The zero-order valence-electron chi connectivity index (χ0n) is 11.6. The molecule has 0 saturated carbocycles. The number of rotatable bonds is 3. The Morgan fingerprint density at radius 3 is 2.35 bits per heavy atom. The molecule has 1 aliphatic heterocycles. The van der Waals surface area contributed by atoms with Gasteiger partial charge < -0.3 is 4.52 Å². The van der Waals surface area contributed by atoms with Crippen LogP contribution in [0.25, 0.3) is 0 Å². The highest BCUT2D eigenvalue weighted by Crippen LogP contribution is 2.35. The monoisotopic (exact) mass is 275 g/mol. The van der Waals surface area contributed by atoms with Gasteiger partial charge in [-0.25, -0.2) is 0 Å². The number of allylic oxidation sites excluding steroid dienone is 2. The molecule has 0 bridgehead atoms. The fraction of sp³-hybridized carbons (Fsp3) is 0.571. The second-order valence-corrected chi connectivity index (χ2v) is 5.62. The first-order chi connectivity index (χ1) is 9.58. The molecule has 1 aliphatic carbocycles. The number of hydrogen-bond donors (Lipinski definition) is 0. The van der Waals surface area contributed by atoms with Crippen molar-refractivity contribution < 1.29 is 14.1 Å². The van der Waals surface area contributed by atoms with E-state index >= 15 is 0 Å². The fourth-order valence-electron chi connectivity index (χ4n) is 2.73. The van der Waals surface area contributed by atoms with Gasteiger partial charge in [-0.3, -0.25) is 14.5 Å². The van der Waals surface area contributed by atoms with Crippen LogP contribution in [0, 0.1) is 11.8 Å². The Morgan fingerprint density at radius 1 is 1.25 bits per heavy atom. The van der Waals surface area contributed by atoms with E-state index in [0.717, 1.165) is 0 Å². The van der Waals surface area contributed by atoms with Crippen LogP contribution in [-0.2, 0) is 16.1 Å². The largest absolute Gasteiger partial charge is 0.339 e. The molecule has 2 heterocycles. The second kappa shape index (κ2) is 4.85. The van der Waals surface area contributed by atoms with E-state index < -0.39 is 0 Å². The summed E-state index contributed by atoms with van der Waals surface area (Å²) in [5.41, 5.74) is 0. The summed E-state index contributed by atoms with van der Waals surface area (Å²) in [7, 11) is 0. The third-order valence-electron chi connectivity index (χ3n) is 3.88. The van der Waals surface area contributed by atoms with Crippen LogP contribution in [0.2, 0.25) is 0 Å². The predicted molar refractivity (Wildman–Crippen MR) is 69.3 cm³/mol. The molecule has 0 unspecified atom stereocenters. The molecule has 1 saturated heterocycles. The number of hydrogen-bond acceptors (Lipinski definition) is 5. The lowest BCUT2D eigenvalue weighted by atomic mass is 9.85. The number of imide groups is 1. The molecule has 1 aromatic heterocycles. The molecule has 0 radical (unpaired) electrons. The van der Waals surface area contributed by atoms with Crippen molar-refractivity contribution in [2.75, 3.05) is 0 Å². The van der Waals surface area contributed by atoms with Gasteiger partial charge >= 0.3 is 0 Å². The zero-order valence-corrected chi connectivity index (χ0v) is 11.6. The molecule has 6 heteroatoms. The molecule has 1 aromatic rings. The van der Waals surface area contributed by atoms with Crippen LogP contribution in [0.4, 0.5) is 0 Å². The Bertz CT molecular complexity index is 550. The van der Waals surface area contributed by atoms with Crippen molar-refractivity contribution in [3.05, 3.63) is 23.9 Å². The molecule has 0 N–H and O–H groups in total. The van der Waals surface area contributed by atoms with E-state index in [0.29, 0.717) is 24.6 Å². The number of carbonyl (C=O) groups excluding carboxylic acids is 2. The Morgan fingerprint density at radius 2 is 1.85 bits per heavy atom. The summed E-state index contributed by atoms with van der Waals surface area (Å²) in [4.78, 5) is 30.1. The Hall–Kier alpha value is -1.98. The molecule has 2 atom stereocenters. The van der Waals surface area contributed by atoms with E-state index in [1.165, 1.54) is 4.90 Å². The maximum absolute atomic E-state index is 12.3. The third-order valence-corrected chi connectivity index (χ3v) is 3.88. The number of fused-ring (bicyclic) bond motifs is 1. The van der Waals surface area contributed by atoms with Gasteiger partial charge in [-0.05, 0) is 12.8 Å². The summed E-state index contributed by atoms with van der Waals surface area (Å²) >= 11 is 0. The van der Waals surface area contributed by atoms with Gasteiger partial charge in [-0.15, -0.1) is 0 Å². The quantitative estimate of drug-likeness (QED) is 0.619. The molecule has 20 heavy (non-hydrogen) atoms. The van der Waals surface area contributed by atoms with Gasteiger partial charge in [0.2, 0.25) is 17.7 Å². The maximum atomic E-state index is 12.3.